The molecule has 150 valence electrons. The normalized spacial score (nSPS) is 15.1. The molecule has 0 spiro atoms. The van der Waals surface area contributed by atoms with Crippen LogP contribution in [0.3, 0.4) is 0 Å². The Morgan fingerprint density at radius 2 is 1.93 bits per heavy atom. The fraction of sp³-hybridized carbons (Fsp3) is 0.286. The lowest BCUT2D eigenvalue weighted by atomic mass is 10.2. The first-order chi connectivity index (χ1) is 14.2. The van der Waals surface area contributed by atoms with Crippen LogP contribution in [0.25, 0.3) is 10.9 Å². The second kappa shape index (κ2) is 8.22. The first-order valence-electron chi connectivity index (χ1n) is 9.42. The summed E-state index contributed by atoms with van der Waals surface area (Å²) in [6.07, 6.45) is -0.292. The van der Waals surface area contributed by atoms with Crippen molar-refractivity contribution in [3.05, 3.63) is 54.2 Å². The van der Waals surface area contributed by atoms with E-state index in [9.17, 15) is 9.59 Å². The molecule has 1 atom stereocenters. The molecule has 0 fully saturated rings. The van der Waals surface area contributed by atoms with Gasteiger partial charge < -0.3 is 19.1 Å². The SMILES string of the molecule is CCN(C[C@@H]1COc2ccccc2O1)C(=O)COC(=O)c1n[nH]c2ccccc12. The van der Waals surface area contributed by atoms with Gasteiger partial charge in [-0.25, -0.2) is 4.79 Å². The number of aromatic amines is 1. The number of nitrogens with zero attached hydrogens (tertiary/aromatic N) is 2. The third kappa shape index (κ3) is 4.01. The van der Waals surface area contributed by atoms with E-state index in [2.05, 4.69) is 10.2 Å². The van der Waals surface area contributed by atoms with Crippen LogP contribution in [0.5, 0.6) is 11.5 Å². The number of H-pyrrole nitrogens is 1. The number of amides is 1. The second-order valence-corrected chi connectivity index (χ2v) is 6.62. The highest BCUT2D eigenvalue weighted by atomic mass is 16.6. The van der Waals surface area contributed by atoms with Crippen LogP contribution in [0.4, 0.5) is 0 Å². The number of hydrogen-bond donors (Lipinski definition) is 1. The Bertz CT molecular complexity index is 1030. The summed E-state index contributed by atoms with van der Waals surface area (Å²) in [5, 5.41) is 7.42. The van der Waals surface area contributed by atoms with Gasteiger partial charge in [0.05, 0.1) is 12.1 Å². The lowest BCUT2D eigenvalue weighted by Crippen LogP contribution is -2.45. The summed E-state index contributed by atoms with van der Waals surface area (Å²) >= 11 is 0. The highest BCUT2D eigenvalue weighted by molar-refractivity contribution is 6.02. The molecule has 3 aromatic rings. The molecule has 2 aromatic carbocycles. The van der Waals surface area contributed by atoms with Crippen LogP contribution in [0.2, 0.25) is 0 Å². The summed E-state index contributed by atoms with van der Waals surface area (Å²) in [5.41, 5.74) is 0.896. The molecular weight excluding hydrogens is 374 g/mol. The van der Waals surface area contributed by atoms with Gasteiger partial charge in [-0.15, -0.1) is 0 Å². The molecule has 1 aliphatic heterocycles. The summed E-state index contributed by atoms with van der Waals surface area (Å²) in [6.45, 7) is 2.65. The smallest absolute Gasteiger partial charge is 0.359 e. The summed E-state index contributed by atoms with van der Waals surface area (Å²) < 4.78 is 16.8. The van der Waals surface area contributed by atoms with Gasteiger partial charge in [-0.2, -0.15) is 5.10 Å². The number of likely N-dealkylation sites (N-methyl/N-ethyl adjacent to an activating group) is 1. The predicted molar refractivity (Wildman–Crippen MR) is 105 cm³/mol. The minimum Gasteiger partial charge on any atom is -0.486 e. The minimum absolute atomic E-state index is 0.164. The molecule has 1 N–H and O–H groups in total. The van der Waals surface area contributed by atoms with Crippen LogP contribution in [-0.2, 0) is 9.53 Å². The molecule has 1 amide bonds. The lowest BCUT2D eigenvalue weighted by Gasteiger charge is -2.30. The van der Waals surface area contributed by atoms with Crippen molar-refractivity contribution < 1.29 is 23.8 Å². The molecule has 0 bridgehead atoms. The first-order valence-corrected chi connectivity index (χ1v) is 9.42. The maximum atomic E-state index is 12.6. The van der Waals surface area contributed by atoms with Crippen molar-refractivity contribution in [3.8, 4) is 11.5 Å². The molecule has 0 radical (unpaired) electrons. The van der Waals surface area contributed by atoms with Crippen molar-refractivity contribution in [2.75, 3.05) is 26.3 Å². The quantitative estimate of drug-likeness (QED) is 0.644. The number of carbonyl (C=O) groups excluding carboxylic acids is 2. The zero-order valence-electron chi connectivity index (χ0n) is 16.0. The number of aromatic nitrogens is 2. The van der Waals surface area contributed by atoms with Crippen molar-refractivity contribution in [2.24, 2.45) is 0 Å². The van der Waals surface area contributed by atoms with E-state index in [4.69, 9.17) is 14.2 Å². The molecule has 1 aromatic heterocycles. The number of nitrogens with one attached hydrogen (secondary N) is 1. The van der Waals surface area contributed by atoms with Crippen LogP contribution in [0.15, 0.2) is 48.5 Å². The molecule has 2 heterocycles. The van der Waals surface area contributed by atoms with Gasteiger partial charge in [-0.1, -0.05) is 30.3 Å². The fourth-order valence-corrected chi connectivity index (χ4v) is 3.21. The van der Waals surface area contributed by atoms with Crippen molar-refractivity contribution >= 4 is 22.8 Å². The summed E-state index contributed by atoms with van der Waals surface area (Å²) in [4.78, 5) is 26.5. The van der Waals surface area contributed by atoms with E-state index in [-0.39, 0.29) is 24.3 Å². The molecule has 4 rings (SSSR count). The van der Waals surface area contributed by atoms with E-state index < -0.39 is 5.97 Å². The van der Waals surface area contributed by atoms with E-state index in [0.29, 0.717) is 36.6 Å². The average Bonchev–Trinajstić information content (AvgIpc) is 3.19. The van der Waals surface area contributed by atoms with Gasteiger partial charge in [-0.3, -0.25) is 9.89 Å². The molecular formula is C21H21N3O5. The number of rotatable bonds is 6. The van der Waals surface area contributed by atoms with Crippen LogP contribution >= 0.6 is 0 Å². The Morgan fingerprint density at radius 1 is 1.17 bits per heavy atom. The van der Waals surface area contributed by atoms with Gasteiger partial charge in [0.15, 0.2) is 29.9 Å². The Morgan fingerprint density at radius 3 is 2.76 bits per heavy atom. The molecule has 0 aliphatic carbocycles. The third-order valence-electron chi connectivity index (χ3n) is 4.72. The zero-order chi connectivity index (χ0) is 20.2. The summed E-state index contributed by atoms with van der Waals surface area (Å²) in [6, 6.07) is 14.6. The van der Waals surface area contributed by atoms with Crippen LogP contribution in [0, 0.1) is 0 Å². The zero-order valence-corrected chi connectivity index (χ0v) is 16.0. The topological polar surface area (TPSA) is 93.8 Å². The number of para-hydroxylation sites is 3. The Balaban J connectivity index is 1.34. The fourth-order valence-electron chi connectivity index (χ4n) is 3.21. The minimum atomic E-state index is -0.641. The van der Waals surface area contributed by atoms with Crippen molar-refractivity contribution in [3.63, 3.8) is 0 Å². The Kier molecular flexibility index (Phi) is 5.33. The number of carbonyl (C=O) groups is 2. The van der Waals surface area contributed by atoms with Crippen LogP contribution < -0.4 is 9.47 Å². The third-order valence-corrected chi connectivity index (χ3v) is 4.72. The molecule has 0 unspecified atom stereocenters. The summed E-state index contributed by atoms with van der Waals surface area (Å²) in [5.74, 6) is 0.406. The molecule has 0 saturated carbocycles. The number of esters is 1. The van der Waals surface area contributed by atoms with Crippen molar-refractivity contribution in [1.29, 1.82) is 0 Å². The maximum absolute atomic E-state index is 12.6. The molecule has 0 saturated heterocycles. The lowest BCUT2D eigenvalue weighted by molar-refractivity contribution is -0.135. The average molecular weight is 395 g/mol. The van der Waals surface area contributed by atoms with Crippen LogP contribution in [0.1, 0.15) is 17.4 Å². The van der Waals surface area contributed by atoms with Crippen molar-refractivity contribution in [2.45, 2.75) is 13.0 Å². The van der Waals surface area contributed by atoms with Gasteiger partial charge in [0.25, 0.3) is 5.91 Å². The van der Waals surface area contributed by atoms with Crippen molar-refractivity contribution in [1.82, 2.24) is 15.1 Å². The highest BCUT2D eigenvalue weighted by Gasteiger charge is 2.25. The van der Waals surface area contributed by atoms with E-state index >= 15 is 0 Å². The Hall–Kier alpha value is -3.55. The van der Waals surface area contributed by atoms with E-state index in [1.807, 2.05) is 49.4 Å². The number of fused-ring (bicyclic) bond motifs is 2. The molecule has 8 nitrogen and oxygen atoms in total. The van der Waals surface area contributed by atoms with Gasteiger partial charge in [0.1, 0.15) is 6.61 Å². The highest BCUT2D eigenvalue weighted by Crippen LogP contribution is 2.31. The Labute approximate surface area is 167 Å². The first kappa shape index (κ1) is 18.8. The maximum Gasteiger partial charge on any atom is 0.359 e. The second-order valence-electron chi connectivity index (χ2n) is 6.62. The number of ether oxygens (including phenoxy) is 3. The number of benzene rings is 2. The van der Waals surface area contributed by atoms with E-state index in [0.717, 1.165) is 5.52 Å². The summed E-state index contributed by atoms with van der Waals surface area (Å²) in [7, 11) is 0. The van der Waals surface area contributed by atoms with E-state index in [1.165, 1.54) is 0 Å². The largest absolute Gasteiger partial charge is 0.486 e. The van der Waals surface area contributed by atoms with Gasteiger partial charge >= 0.3 is 5.97 Å². The standard InChI is InChI=1S/C21H21N3O5/c1-2-24(11-14-12-27-17-9-5-6-10-18(17)29-14)19(25)13-28-21(26)20-15-7-3-4-8-16(15)22-23-20/h3-10,14H,2,11-13H2,1H3,(H,22,23)/t14-/m1/s1. The van der Waals surface area contributed by atoms with Gasteiger partial charge in [0, 0.05) is 11.9 Å². The van der Waals surface area contributed by atoms with Gasteiger partial charge in [0.2, 0.25) is 0 Å². The number of hydrogen-bond acceptors (Lipinski definition) is 6. The molecule has 1 aliphatic rings. The molecule has 8 heteroatoms. The van der Waals surface area contributed by atoms with E-state index in [1.54, 1.807) is 11.0 Å². The monoisotopic (exact) mass is 395 g/mol. The predicted octanol–water partition coefficient (Wildman–Crippen LogP) is 2.41. The van der Waals surface area contributed by atoms with Gasteiger partial charge in [-0.05, 0) is 25.1 Å². The molecule has 29 heavy (non-hydrogen) atoms. The van der Waals surface area contributed by atoms with Crippen LogP contribution in [-0.4, -0.2) is 59.4 Å².